The molecule has 2 aromatic rings. The molecule has 0 unspecified atom stereocenters. The van der Waals surface area contributed by atoms with Crippen molar-refractivity contribution in [3.05, 3.63) is 44.9 Å². The Kier molecular flexibility index (Phi) is 2.64. The molecule has 0 aromatic carbocycles. The van der Waals surface area contributed by atoms with Crippen LogP contribution in [0.2, 0.25) is 0 Å². The second-order valence-corrected chi connectivity index (χ2v) is 4.06. The van der Waals surface area contributed by atoms with Gasteiger partial charge in [-0.15, -0.1) is 0 Å². The molecule has 98 valence electrons. The highest BCUT2D eigenvalue weighted by Crippen LogP contribution is 2.25. The lowest BCUT2D eigenvalue weighted by Gasteiger charge is -2.14. The predicted molar refractivity (Wildman–Crippen MR) is 66.0 cm³/mol. The third-order valence-corrected chi connectivity index (χ3v) is 2.86. The van der Waals surface area contributed by atoms with E-state index >= 15 is 0 Å². The van der Waals surface area contributed by atoms with Crippen molar-refractivity contribution in [2.45, 2.75) is 6.42 Å². The van der Waals surface area contributed by atoms with E-state index in [1.807, 2.05) is 0 Å². The Morgan fingerprint density at radius 2 is 2.26 bits per heavy atom. The molecule has 8 nitrogen and oxygen atoms in total. The molecule has 1 aliphatic rings. The van der Waals surface area contributed by atoms with Crippen LogP contribution in [0.15, 0.2) is 29.2 Å². The van der Waals surface area contributed by atoms with E-state index in [0.29, 0.717) is 18.8 Å². The first-order valence-electron chi connectivity index (χ1n) is 5.75. The number of anilines is 1. The highest BCUT2D eigenvalue weighted by molar-refractivity contribution is 5.60. The number of fused-ring (bicyclic) bond motifs is 1. The van der Waals surface area contributed by atoms with Gasteiger partial charge in [0.05, 0.1) is 11.5 Å². The second kappa shape index (κ2) is 4.32. The summed E-state index contributed by atoms with van der Waals surface area (Å²) in [6, 6.07) is 4.94. The molecule has 1 aliphatic heterocycles. The molecule has 0 spiro atoms. The zero-order chi connectivity index (χ0) is 13.4. The van der Waals surface area contributed by atoms with E-state index in [1.165, 1.54) is 11.3 Å². The highest BCUT2D eigenvalue weighted by atomic mass is 16.7. The summed E-state index contributed by atoms with van der Waals surface area (Å²) < 4.78 is 1.15. The monoisotopic (exact) mass is 262 g/mol. The van der Waals surface area contributed by atoms with Gasteiger partial charge in [0.25, 0.3) is 0 Å². The first kappa shape index (κ1) is 11.6. The molecule has 0 bridgehead atoms. The SMILES string of the molecule is O=c1c([N+](=O)[O-])c(N2CCCO2)nc2ccccn12. The summed E-state index contributed by atoms with van der Waals surface area (Å²) >= 11 is 0. The van der Waals surface area contributed by atoms with Crippen molar-refractivity contribution >= 4 is 17.2 Å². The number of rotatable bonds is 2. The molecule has 8 heteroatoms. The quantitative estimate of drug-likeness (QED) is 0.585. The fourth-order valence-electron chi connectivity index (χ4n) is 2.02. The highest BCUT2D eigenvalue weighted by Gasteiger charge is 2.29. The maximum atomic E-state index is 12.1. The number of pyridine rings is 1. The van der Waals surface area contributed by atoms with Gasteiger partial charge in [-0.2, -0.15) is 0 Å². The molecule has 0 radical (unpaired) electrons. The molecule has 0 N–H and O–H groups in total. The third kappa shape index (κ3) is 1.82. The Bertz CT molecular complexity index is 705. The van der Waals surface area contributed by atoms with Gasteiger partial charge in [-0.3, -0.25) is 24.1 Å². The average molecular weight is 262 g/mol. The van der Waals surface area contributed by atoms with Crippen LogP contribution in [0, 0.1) is 10.1 Å². The van der Waals surface area contributed by atoms with Crippen LogP contribution in [0.4, 0.5) is 11.5 Å². The smallest absolute Gasteiger partial charge is 0.272 e. The van der Waals surface area contributed by atoms with Gasteiger partial charge >= 0.3 is 11.2 Å². The van der Waals surface area contributed by atoms with Crippen LogP contribution in [0.3, 0.4) is 0 Å². The van der Waals surface area contributed by atoms with Crippen LogP contribution in [-0.4, -0.2) is 27.5 Å². The largest absolute Gasteiger partial charge is 0.378 e. The maximum absolute atomic E-state index is 12.1. The lowest BCUT2D eigenvalue weighted by atomic mass is 10.4. The zero-order valence-electron chi connectivity index (χ0n) is 9.85. The Labute approximate surface area is 107 Å². The van der Waals surface area contributed by atoms with E-state index in [1.54, 1.807) is 18.2 Å². The van der Waals surface area contributed by atoms with Gasteiger partial charge in [0.15, 0.2) is 0 Å². The summed E-state index contributed by atoms with van der Waals surface area (Å²) in [6.07, 6.45) is 2.19. The number of nitrogens with zero attached hydrogens (tertiary/aromatic N) is 4. The van der Waals surface area contributed by atoms with Crippen molar-refractivity contribution in [3.8, 4) is 0 Å². The van der Waals surface area contributed by atoms with Crippen LogP contribution in [0.25, 0.3) is 5.65 Å². The zero-order valence-corrected chi connectivity index (χ0v) is 9.85. The standard InChI is InChI=1S/C11H10N4O4/c16-11-9(15(17)18)10(14-6-3-7-19-14)12-8-4-1-2-5-13(8)11/h1-2,4-5H,3,6-7H2. The first-order chi connectivity index (χ1) is 9.18. The van der Waals surface area contributed by atoms with Gasteiger partial charge in [0.1, 0.15) is 5.65 Å². The van der Waals surface area contributed by atoms with E-state index in [0.717, 1.165) is 10.8 Å². The lowest BCUT2D eigenvalue weighted by Crippen LogP contribution is -2.26. The first-order valence-corrected chi connectivity index (χ1v) is 5.75. The van der Waals surface area contributed by atoms with Gasteiger partial charge in [-0.1, -0.05) is 6.07 Å². The average Bonchev–Trinajstić information content (AvgIpc) is 2.92. The summed E-state index contributed by atoms with van der Waals surface area (Å²) in [4.78, 5) is 32.0. The van der Waals surface area contributed by atoms with Crippen molar-refractivity contribution in [3.63, 3.8) is 0 Å². The van der Waals surface area contributed by atoms with Crippen LogP contribution in [0.5, 0.6) is 0 Å². The summed E-state index contributed by atoms with van der Waals surface area (Å²) in [7, 11) is 0. The summed E-state index contributed by atoms with van der Waals surface area (Å²) in [5, 5.41) is 12.4. The Morgan fingerprint density at radius 3 is 2.95 bits per heavy atom. The van der Waals surface area contributed by atoms with Crippen molar-refractivity contribution in [2.24, 2.45) is 0 Å². The topological polar surface area (TPSA) is 90.0 Å². The molecule has 0 atom stereocenters. The van der Waals surface area contributed by atoms with Crippen molar-refractivity contribution in [1.29, 1.82) is 0 Å². The number of aromatic nitrogens is 2. The van der Waals surface area contributed by atoms with Gasteiger partial charge in [-0.25, -0.2) is 10.0 Å². The third-order valence-electron chi connectivity index (χ3n) is 2.86. The molecule has 2 aromatic heterocycles. The van der Waals surface area contributed by atoms with E-state index in [9.17, 15) is 14.9 Å². The Balaban J connectivity index is 2.32. The van der Waals surface area contributed by atoms with Crippen molar-refractivity contribution < 1.29 is 9.76 Å². The van der Waals surface area contributed by atoms with Crippen LogP contribution in [-0.2, 0) is 4.84 Å². The minimum atomic E-state index is -0.716. The molecule has 0 aliphatic carbocycles. The van der Waals surface area contributed by atoms with Gasteiger partial charge in [-0.05, 0) is 18.6 Å². The van der Waals surface area contributed by atoms with E-state index in [2.05, 4.69) is 4.98 Å². The van der Waals surface area contributed by atoms with E-state index in [-0.39, 0.29) is 5.82 Å². The maximum Gasteiger partial charge on any atom is 0.378 e. The normalized spacial score (nSPS) is 15.1. The molecule has 0 saturated carbocycles. The molecular formula is C11H10N4O4. The Morgan fingerprint density at radius 1 is 1.42 bits per heavy atom. The number of nitro groups is 1. The van der Waals surface area contributed by atoms with Gasteiger partial charge < -0.3 is 0 Å². The number of hydrogen-bond acceptors (Lipinski definition) is 6. The predicted octanol–water partition coefficient (Wildman–Crippen LogP) is 0.744. The summed E-state index contributed by atoms with van der Waals surface area (Å²) in [6.45, 7) is 0.948. The van der Waals surface area contributed by atoms with Crippen molar-refractivity contribution in [1.82, 2.24) is 9.38 Å². The second-order valence-electron chi connectivity index (χ2n) is 4.06. The summed E-state index contributed by atoms with van der Waals surface area (Å²) in [5.74, 6) is -0.0290. The van der Waals surface area contributed by atoms with E-state index in [4.69, 9.17) is 4.84 Å². The minimum Gasteiger partial charge on any atom is -0.272 e. The Hall–Kier alpha value is -2.48. The molecular weight excluding hydrogens is 252 g/mol. The fourth-order valence-corrected chi connectivity index (χ4v) is 2.02. The molecule has 1 saturated heterocycles. The van der Waals surface area contributed by atoms with Gasteiger partial charge in [0.2, 0.25) is 5.82 Å². The molecule has 3 rings (SSSR count). The fraction of sp³-hybridized carbons (Fsp3) is 0.273. The van der Waals surface area contributed by atoms with Crippen LogP contribution >= 0.6 is 0 Å². The van der Waals surface area contributed by atoms with Gasteiger partial charge in [0, 0.05) is 12.7 Å². The van der Waals surface area contributed by atoms with E-state index < -0.39 is 16.2 Å². The molecule has 3 heterocycles. The van der Waals surface area contributed by atoms with Crippen LogP contribution in [0.1, 0.15) is 6.42 Å². The lowest BCUT2D eigenvalue weighted by molar-refractivity contribution is -0.386. The van der Waals surface area contributed by atoms with Crippen molar-refractivity contribution in [2.75, 3.05) is 18.2 Å². The molecule has 0 amide bonds. The number of hydroxylamine groups is 1. The number of hydrogen-bond donors (Lipinski definition) is 0. The molecule has 1 fully saturated rings. The molecule has 19 heavy (non-hydrogen) atoms. The summed E-state index contributed by atoms with van der Waals surface area (Å²) in [5.41, 5.74) is -0.921. The van der Waals surface area contributed by atoms with Crippen LogP contribution < -0.4 is 10.6 Å². The minimum absolute atomic E-state index is 0.0290.